The number of nitrogens with zero attached hydrogens (tertiary/aromatic N) is 1. The first-order chi connectivity index (χ1) is 21.0. The lowest BCUT2D eigenvalue weighted by molar-refractivity contribution is -0.157. The highest BCUT2D eigenvalue weighted by Crippen LogP contribution is 2.46. The van der Waals surface area contributed by atoms with Crippen LogP contribution in [0.3, 0.4) is 0 Å². The Hall–Kier alpha value is -3.92. The molecule has 10 nitrogen and oxygen atoms in total. The Balaban J connectivity index is 1.60. The van der Waals surface area contributed by atoms with E-state index in [4.69, 9.17) is 19.5 Å². The molecule has 1 amide bonds. The average molecular weight is 684 g/mol. The summed E-state index contributed by atoms with van der Waals surface area (Å²) >= 11 is 4.74. The first-order valence-corrected chi connectivity index (χ1v) is 15.7. The second kappa shape index (κ2) is 14.7. The second-order valence-corrected chi connectivity index (χ2v) is 13.1. The van der Waals surface area contributed by atoms with Crippen LogP contribution in [0.4, 0.5) is 11.4 Å². The van der Waals surface area contributed by atoms with Gasteiger partial charge >= 0.3 is 11.9 Å². The fourth-order valence-electron chi connectivity index (χ4n) is 4.79. The summed E-state index contributed by atoms with van der Waals surface area (Å²) in [6.07, 6.45) is 1.66. The first kappa shape index (κ1) is 33.0. The fourth-order valence-corrected chi connectivity index (χ4v) is 6.76. The smallest absolute Gasteiger partial charge is 0.351 e. The highest BCUT2D eigenvalue weighted by molar-refractivity contribution is 9.10. The number of esters is 2. The van der Waals surface area contributed by atoms with E-state index < -0.39 is 23.6 Å². The number of nitriles is 1. The zero-order valence-electron chi connectivity index (χ0n) is 25.0. The van der Waals surface area contributed by atoms with Gasteiger partial charge in [-0.3, -0.25) is 4.79 Å². The molecule has 232 valence electrons. The van der Waals surface area contributed by atoms with Crippen molar-refractivity contribution >= 4 is 56.5 Å². The number of ether oxygens (including phenoxy) is 3. The van der Waals surface area contributed by atoms with E-state index in [9.17, 15) is 14.4 Å². The van der Waals surface area contributed by atoms with Crippen LogP contribution in [0.1, 0.15) is 48.8 Å². The number of rotatable bonds is 10. The van der Waals surface area contributed by atoms with E-state index in [1.165, 1.54) is 18.4 Å². The Kier molecular flexibility index (Phi) is 11.0. The van der Waals surface area contributed by atoms with Crippen molar-refractivity contribution in [3.63, 3.8) is 0 Å². The summed E-state index contributed by atoms with van der Waals surface area (Å²) in [4.78, 5) is 39.4. The molecule has 44 heavy (non-hydrogen) atoms. The minimum absolute atomic E-state index is 0.0885. The topological polar surface area (TPSA) is 139 Å². The Labute approximate surface area is 269 Å². The molecule has 1 aliphatic rings. The van der Waals surface area contributed by atoms with Crippen molar-refractivity contribution in [3.05, 3.63) is 63.4 Å². The van der Waals surface area contributed by atoms with Gasteiger partial charge in [-0.2, -0.15) is 5.26 Å². The van der Waals surface area contributed by atoms with Gasteiger partial charge < -0.3 is 30.2 Å². The highest BCUT2D eigenvalue weighted by atomic mass is 79.9. The third-order valence-electron chi connectivity index (χ3n) is 6.80. The quantitative estimate of drug-likeness (QED) is 0.221. The number of benzene rings is 2. The summed E-state index contributed by atoms with van der Waals surface area (Å²) in [6, 6.07) is 15.9. The van der Waals surface area contributed by atoms with E-state index in [-0.39, 0.29) is 29.1 Å². The number of nitrogens with one attached hydrogen (secondary N) is 3. The molecule has 0 spiro atoms. The molecule has 12 heteroatoms. The van der Waals surface area contributed by atoms with E-state index >= 15 is 0 Å². The molecule has 0 bridgehead atoms. The fraction of sp³-hybridized carbons (Fsp3) is 0.375. The van der Waals surface area contributed by atoms with Gasteiger partial charge in [0.1, 0.15) is 11.6 Å². The number of methoxy groups -OCH3 is 1. The Morgan fingerprint density at radius 3 is 2.45 bits per heavy atom. The zero-order chi connectivity index (χ0) is 31.9. The van der Waals surface area contributed by atoms with Gasteiger partial charge in [0.15, 0.2) is 17.2 Å². The van der Waals surface area contributed by atoms with Gasteiger partial charge in [0.05, 0.1) is 28.1 Å². The lowest BCUT2D eigenvalue weighted by Crippen LogP contribution is -2.45. The van der Waals surface area contributed by atoms with Gasteiger partial charge in [-0.1, -0.05) is 12.1 Å². The molecular weight excluding hydrogens is 648 g/mol. The Bertz CT molecular complexity index is 1540. The number of carbonyl (C=O) groups is 3. The molecule has 1 aliphatic heterocycles. The van der Waals surface area contributed by atoms with E-state index in [2.05, 4.69) is 37.9 Å². The SMILES string of the molecule is COC(=O)c1sc(-c2cccc(NC(C(=O)Nc3ccc(C#N)cc3)C3CCNCC3)c2)c(Br)c1OCC(=O)OC(C)(C)C. The molecule has 4 rings (SSSR count). The molecule has 3 aromatic rings. The number of hydrogen-bond acceptors (Lipinski definition) is 10. The number of thiophene rings is 1. The molecule has 1 atom stereocenters. The van der Waals surface area contributed by atoms with Gasteiger partial charge in [-0.25, -0.2) is 9.59 Å². The zero-order valence-corrected chi connectivity index (χ0v) is 27.4. The second-order valence-electron chi connectivity index (χ2n) is 11.2. The summed E-state index contributed by atoms with van der Waals surface area (Å²) in [6.45, 7) is 6.53. The minimum Gasteiger partial charge on any atom is -0.479 e. The Morgan fingerprint density at radius 1 is 1.11 bits per heavy atom. The van der Waals surface area contributed by atoms with Crippen molar-refractivity contribution in [2.24, 2.45) is 5.92 Å². The largest absolute Gasteiger partial charge is 0.479 e. The van der Waals surface area contributed by atoms with Crippen LogP contribution in [0.15, 0.2) is 53.0 Å². The van der Waals surface area contributed by atoms with E-state index in [0.29, 0.717) is 20.6 Å². The monoisotopic (exact) mass is 682 g/mol. The molecule has 3 N–H and O–H groups in total. The molecule has 1 aromatic heterocycles. The van der Waals surface area contributed by atoms with Crippen molar-refractivity contribution in [1.29, 1.82) is 5.26 Å². The van der Waals surface area contributed by atoms with Gasteiger partial charge in [-0.05, 0) is 111 Å². The summed E-state index contributed by atoms with van der Waals surface area (Å²) in [5, 5.41) is 18.9. The molecule has 2 aromatic carbocycles. The van der Waals surface area contributed by atoms with Crippen LogP contribution in [-0.4, -0.2) is 56.3 Å². The Morgan fingerprint density at radius 2 is 1.82 bits per heavy atom. The van der Waals surface area contributed by atoms with E-state index in [1.807, 2.05) is 24.3 Å². The van der Waals surface area contributed by atoms with Crippen LogP contribution in [0.25, 0.3) is 10.4 Å². The highest BCUT2D eigenvalue weighted by Gasteiger charge is 2.30. The van der Waals surface area contributed by atoms with Gasteiger partial charge in [0.2, 0.25) is 5.91 Å². The maximum atomic E-state index is 13.6. The van der Waals surface area contributed by atoms with Crippen molar-refractivity contribution in [3.8, 4) is 22.3 Å². The molecular formula is C32H35BrN4O6S. The predicted molar refractivity (Wildman–Crippen MR) is 173 cm³/mol. The van der Waals surface area contributed by atoms with Gasteiger partial charge in [-0.15, -0.1) is 11.3 Å². The average Bonchev–Trinajstić information content (AvgIpc) is 3.34. The van der Waals surface area contributed by atoms with E-state index in [0.717, 1.165) is 37.2 Å². The summed E-state index contributed by atoms with van der Waals surface area (Å²) in [7, 11) is 1.28. The van der Waals surface area contributed by atoms with Crippen molar-refractivity contribution in [2.45, 2.75) is 45.3 Å². The van der Waals surface area contributed by atoms with Crippen LogP contribution < -0.4 is 20.7 Å². The van der Waals surface area contributed by atoms with Gasteiger partial charge in [0.25, 0.3) is 0 Å². The van der Waals surface area contributed by atoms with Crippen LogP contribution in [0.5, 0.6) is 5.75 Å². The molecule has 1 fully saturated rings. The van der Waals surface area contributed by atoms with Crippen molar-refractivity contribution in [1.82, 2.24) is 5.32 Å². The number of anilines is 2. The first-order valence-electron chi connectivity index (χ1n) is 14.1. The molecule has 2 heterocycles. The lowest BCUT2D eigenvalue weighted by atomic mass is 9.89. The van der Waals surface area contributed by atoms with Crippen LogP contribution >= 0.6 is 27.3 Å². The predicted octanol–water partition coefficient (Wildman–Crippen LogP) is 5.98. The number of carbonyl (C=O) groups excluding carboxylic acids is 3. The number of amides is 1. The molecule has 0 radical (unpaired) electrons. The van der Waals surface area contributed by atoms with Gasteiger partial charge in [0, 0.05) is 11.4 Å². The van der Waals surface area contributed by atoms with Crippen molar-refractivity contribution in [2.75, 3.05) is 37.4 Å². The molecule has 1 unspecified atom stereocenters. The summed E-state index contributed by atoms with van der Waals surface area (Å²) in [5.41, 5.74) is 1.93. The van der Waals surface area contributed by atoms with E-state index in [1.54, 1.807) is 45.0 Å². The maximum absolute atomic E-state index is 13.6. The van der Waals surface area contributed by atoms with Crippen molar-refractivity contribution < 1.29 is 28.6 Å². The molecule has 0 aliphatic carbocycles. The number of halogens is 1. The minimum atomic E-state index is -0.680. The number of piperidine rings is 1. The summed E-state index contributed by atoms with van der Waals surface area (Å²) < 4.78 is 16.6. The maximum Gasteiger partial charge on any atom is 0.351 e. The number of hydrogen-bond donors (Lipinski definition) is 3. The molecule has 0 saturated carbocycles. The summed E-state index contributed by atoms with van der Waals surface area (Å²) in [5.74, 6) is -1.06. The standard InChI is InChI=1S/C32H35BrN4O6S/c1-32(2,3)43-24(38)18-42-27-25(33)28(44-29(27)31(40)41-4)21-6-5-7-23(16-21)36-26(20-12-14-35-15-13-20)30(39)37-22-10-8-19(17-34)9-11-22/h5-11,16,20,26,35-36H,12-15,18H2,1-4H3,(H,37,39). The normalized spacial score (nSPS) is 14.2. The van der Waals surface area contributed by atoms with Crippen LogP contribution in [-0.2, 0) is 19.1 Å². The third-order valence-corrected chi connectivity index (χ3v) is 9.02. The lowest BCUT2D eigenvalue weighted by Gasteiger charge is -2.31. The van der Waals surface area contributed by atoms with Crippen LogP contribution in [0, 0.1) is 17.2 Å². The third kappa shape index (κ3) is 8.59. The molecule has 1 saturated heterocycles. The van der Waals surface area contributed by atoms with Crippen LogP contribution in [0.2, 0.25) is 0 Å².